The zero-order valence-electron chi connectivity index (χ0n) is 16.6. The maximum absolute atomic E-state index is 14.4. The first-order valence-corrected chi connectivity index (χ1v) is 9.31. The van der Waals surface area contributed by atoms with Crippen molar-refractivity contribution < 1.29 is 23.0 Å². The normalized spacial score (nSPS) is 15.1. The lowest BCUT2D eigenvalue weighted by Crippen LogP contribution is -2.51. The quantitative estimate of drug-likeness (QED) is 0.655. The Morgan fingerprint density at radius 2 is 1.90 bits per heavy atom. The maximum Gasteiger partial charge on any atom is 0.483 e. The Bertz CT molecular complexity index is 1220. The number of benzene rings is 2. The largest absolute Gasteiger partial charge is 0.494 e. The highest BCUT2D eigenvalue weighted by atomic mass is 19.3. The molecule has 0 spiro atoms. The van der Waals surface area contributed by atoms with Crippen molar-refractivity contribution in [1.82, 2.24) is 9.55 Å². The van der Waals surface area contributed by atoms with E-state index in [9.17, 15) is 18.4 Å². The van der Waals surface area contributed by atoms with Crippen LogP contribution in [0.4, 0.5) is 14.5 Å². The number of rotatable bonds is 4. The fraction of sp³-hybridized carbons (Fsp3) is 0.286. The lowest BCUT2D eigenvalue weighted by molar-refractivity contribution is -0.193. The van der Waals surface area contributed by atoms with E-state index in [1.54, 1.807) is 37.3 Å². The van der Waals surface area contributed by atoms with E-state index in [0.29, 0.717) is 28.6 Å². The van der Waals surface area contributed by atoms with Crippen LogP contribution < -0.4 is 19.9 Å². The predicted octanol–water partition coefficient (Wildman–Crippen LogP) is 3.02. The summed E-state index contributed by atoms with van der Waals surface area (Å²) in [5, 5.41) is 0.327. The standard InChI is InChI=1S/C21H19F2N3O4/c1-4-12-7-5-9-14-18(12)30-21(22,23)20(28)26(14)11-16-24-17-13(19(27)25(16)2)8-6-10-15(17)29-3/h5-10H,4,11H2,1-3H3. The van der Waals surface area contributed by atoms with Crippen molar-refractivity contribution in [3.63, 3.8) is 0 Å². The van der Waals surface area contributed by atoms with E-state index in [-0.39, 0.29) is 29.4 Å². The zero-order chi connectivity index (χ0) is 21.6. The fourth-order valence-electron chi connectivity index (χ4n) is 3.54. The van der Waals surface area contributed by atoms with Crippen molar-refractivity contribution in [3.8, 4) is 11.5 Å². The van der Waals surface area contributed by atoms with Crippen molar-refractivity contribution in [2.75, 3.05) is 12.0 Å². The molecular weight excluding hydrogens is 396 g/mol. The molecule has 0 N–H and O–H groups in total. The molecule has 0 saturated carbocycles. The third-order valence-corrected chi connectivity index (χ3v) is 5.15. The number of alkyl halides is 2. The highest BCUT2D eigenvalue weighted by Gasteiger charge is 2.51. The highest BCUT2D eigenvalue weighted by molar-refractivity contribution is 6.01. The van der Waals surface area contributed by atoms with E-state index >= 15 is 0 Å². The van der Waals surface area contributed by atoms with Gasteiger partial charge in [-0.1, -0.05) is 25.1 Å². The van der Waals surface area contributed by atoms with Crippen molar-refractivity contribution >= 4 is 22.5 Å². The third kappa shape index (κ3) is 2.97. The number of methoxy groups -OCH3 is 1. The van der Waals surface area contributed by atoms with E-state index in [4.69, 9.17) is 9.47 Å². The molecule has 30 heavy (non-hydrogen) atoms. The number of fused-ring (bicyclic) bond motifs is 2. The molecule has 7 nitrogen and oxygen atoms in total. The Hall–Kier alpha value is -3.49. The summed E-state index contributed by atoms with van der Waals surface area (Å²) in [5.41, 5.74) is 0.684. The SMILES string of the molecule is CCc1cccc2c1OC(F)(F)C(=O)N2Cc1nc2c(OC)cccc2c(=O)n1C. The molecule has 1 amide bonds. The van der Waals surface area contributed by atoms with E-state index in [0.717, 1.165) is 4.90 Å². The van der Waals surface area contributed by atoms with Crippen LogP contribution in [0.2, 0.25) is 0 Å². The van der Waals surface area contributed by atoms with Crippen molar-refractivity contribution in [1.29, 1.82) is 0 Å². The minimum atomic E-state index is -4.02. The summed E-state index contributed by atoms with van der Waals surface area (Å²) in [6, 6.07) is 9.78. The van der Waals surface area contributed by atoms with Gasteiger partial charge in [0.05, 0.1) is 24.7 Å². The summed E-state index contributed by atoms with van der Waals surface area (Å²) in [7, 11) is 2.93. The molecule has 3 aromatic rings. The van der Waals surface area contributed by atoms with Crippen LogP contribution in [0.1, 0.15) is 18.3 Å². The third-order valence-electron chi connectivity index (χ3n) is 5.15. The number of aromatic nitrogens is 2. The van der Waals surface area contributed by atoms with Crippen LogP contribution in [0.3, 0.4) is 0 Å². The molecule has 0 atom stereocenters. The molecular formula is C21H19F2N3O4. The van der Waals surface area contributed by atoms with E-state index in [1.165, 1.54) is 24.8 Å². The molecule has 0 bridgehead atoms. The second kappa shape index (κ2) is 7.08. The predicted molar refractivity (Wildman–Crippen MR) is 106 cm³/mol. The maximum atomic E-state index is 14.4. The van der Waals surface area contributed by atoms with Crippen LogP contribution in [0, 0.1) is 0 Å². The molecule has 1 aliphatic rings. The Morgan fingerprint density at radius 1 is 1.17 bits per heavy atom. The number of anilines is 1. The minimum absolute atomic E-state index is 0.0482. The summed E-state index contributed by atoms with van der Waals surface area (Å²) in [6.45, 7) is 1.47. The molecule has 1 aromatic heterocycles. The molecule has 1 aliphatic heterocycles. The molecule has 0 fully saturated rings. The van der Waals surface area contributed by atoms with Gasteiger partial charge in [0.25, 0.3) is 5.56 Å². The number of aryl methyl sites for hydroxylation is 1. The van der Waals surface area contributed by atoms with Crippen LogP contribution in [0.15, 0.2) is 41.2 Å². The summed E-state index contributed by atoms with van der Waals surface area (Å²) >= 11 is 0. The van der Waals surface area contributed by atoms with Gasteiger partial charge >= 0.3 is 12.0 Å². The number of para-hydroxylation sites is 2. The molecule has 0 radical (unpaired) electrons. The van der Waals surface area contributed by atoms with Crippen LogP contribution >= 0.6 is 0 Å². The Morgan fingerprint density at radius 3 is 2.60 bits per heavy atom. The molecule has 2 heterocycles. The van der Waals surface area contributed by atoms with Gasteiger partial charge in [-0.25, -0.2) is 4.98 Å². The second-order valence-electron chi connectivity index (χ2n) is 6.88. The Kier molecular flexibility index (Phi) is 4.68. The first-order chi connectivity index (χ1) is 14.3. The average molecular weight is 415 g/mol. The summed E-state index contributed by atoms with van der Waals surface area (Å²) in [6.07, 6.45) is -3.57. The van der Waals surface area contributed by atoms with Crippen molar-refractivity contribution in [2.45, 2.75) is 26.0 Å². The summed E-state index contributed by atoms with van der Waals surface area (Å²) in [5.74, 6) is -1.06. The average Bonchev–Trinajstić information content (AvgIpc) is 2.73. The van der Waals surface area contributed by atoms with Gasteiger partial charge in [0.2, 0.25) is 0 Å². The van der Waals surface area contributed by atoms with Gasteiger partial charge in [-0.15, -0.1) is 0 Å². The molecule has 0 unspecified atom stereocenters. The van der Waals surface area contributed by atoms with Gasteiger partial charge in [0.1, 0.15) is 17.1 Å². The number of ether oxygens (including phenoxy) is 2. The van der Waals surface area contributed by atoms with E-state index in [2.05, 4.69) is 4.98 Å². The number of nitrogens with zero attached hydrogens (tertiary/aromatic N) is 3. The highest BCUT2D eigenvalue weighted by Crippen LogP contribution is 2.42. The van der Waals surface area contributed by atoms with Gasteiger partial charge in [-0.05, 0) is 30.2 Å². The monoisotopic (exact) mass is 415 g/mol. The Labute approximate surface area is 170 Å². The van der Waals surface area contributed by atoms with Crippen LogP contribution in [-0.2, 0) is 24.8 Å². The summed E-state index contributed by atoms with van der Waals surface area (Å²) in [4.78, 5) is 30.7. The second-order valence-corrected chi connectivity index (χ2v) is 6.88. The number of halogens is 2. The topological polar surface area (TPSA) is 73.7 Å². The first kappa shape index (κ1) is 19.8. The van der Waals surface area contributed by atoms with Crippen molar-refractivity contribution in [2.24, 2.45) is 7.05 Å². The molecule has 2 aromatic carbocycles. The smallest absolute Gasteiger partial charge is 0.483 e. The molecule has 0 aliphatic carbocycles. The first-order valence-electron chi connectivity index (χ1n) is 9.31. The van der Waals surface area contributed by atoms with Crippen LogP contribution in [0.5, 0.6) is 11.5 Å². The number of amides is 1. The minimum Gasteiger partial charge on any atom is -0.494 e. The van der Waals surface area contributed by atoms with Gasteiger partial charge in [0.15, 0.2) is 5.75 Å². The van der Waals surface area contributed by atoms with Gasteiger partial charge in [-0.3, -0.25) is 19.1 Å². The number of hydrogen-bond acceptors (Lipinski definition) is 5. The number of carbonyl (C=O) groups is 1. The molecule has 4 rings (SSSR count). The number of hydrogen-bond donors (Lipinski definition) is 0. The molecule has 0 saturated heterocycles. The fourth-order valence-corrected chi connectivity index (χ4v) is 3.54. The van der Waals surface area contributed by atoms with Gasteiger partial charge in [-0.2, -0.15) is 8.78 Å². The molecule has 9 heteroatoms. The molecule has 156 valence electrons. The summed E-state index contributed by atoms with van der Waals surface area (Å²) < 4.78 is 40.0. The van der Waals surface area contributed by atoms with E-state index < -0.39 is 12.0 Å². The van der Waals surface area contributed by atoms with Crippen LogP contribution in [0.25, 0.3) is 10.9 Å². The lowest BCUT2D eigenvalue weighted by Gasteiger charge is -2.34. The van der Waals surface area contributed by atoms with Gasteiger partial charge < -0.3 is 9.47 Å². The zero-order valence-corrected chi connectivity index (χ0v) is 16.6. The van der Waals surface area contributed by atoms with Crippen molar-refractivity contribution in [3.05, 3.63) is 58.1 Å². The van der Waals surface area contributed by atoms with Crippen LogP contribution in [-0.4, -0.2) is 28.7 Å². The van der Waals surface area contributed by atoms with Gasteiger partial charge in [0, 0.05) is 7.05 Å². The van der Waals surface area contributed by atoms with E-state index in [1.807, 2.05) is 0 Å². The lowest BCUT2D eigenvalue weighted by atomic mass is 10.1. The number of carbonyl (C=O) groups excluding carboxylic acids is 1. The Balaban J connectivity index is 1.89.